The monoisotopic (exact) mass is 456 g/mol. The number of nitrogens with one attached hydrogen (secondary N) is 1. The minimum Gasteiger partial charge on any atom is -0.497 e. The quantitative estimate of drug-likeness (QED) is 0.377. The first-order valence-corrected chi connectivity index (χ1v) is 10.7. The number of hydrogen-bond donors (Lipinski definition) is 1. The molecule has 4 rings (SSSR count). The van der Waals surface area contributed by atoms with Crippen LogP contribution in [0.5, 0.6) is 11.5 Å². The van der Waals surface area contributed by atoms with Crippen LogP contribution in [0, 0.1) is 0 Å². The number of pyridine rings is 1. The summed E-state index contributed by atoms with van der Waals surface area (Å²) in [6, 6.07) is 21.2. The topological polar surface area (TPSA) is 86.8 Å². The Morgan fingerprint density at radius 2 is 1.74 bits per heavy atom. The maximum atomic E-state index is 13.4. The SMILES string of the molecule is CCOC(=O)c1cccc(NC(=O)c2cc(-c3cc(OC)ccc3OC)nc3ccccc23)c1. The van der Waals surface area contributed by atoms with Crippen molar-refractivity contribution in [2.75, 3.05) is 26.1 Å². The van der Waals surface area contributed by atoms with E-state index in [1.165, 1.54) is 0 Å². The number of aromatic nitrogens is 1. The average molecular weight is 456 g/mol. The van der Waals surface area contributed by atoms with Gasteiger partial charge in [0.1, 0.15) is 11.5 Å². The summed E-state index contributed by atoms with van der Waals surface area (Å²) >= 11 is 0. The predicted octanol–water partition coefficient (Wildman–Crippen LogP) is 5.35. The molecule has 0 fully saturated rings. The van der Waals surface area contributed by atoms with Crippen LogP contribution < -0.4 is 14.8 Å². The van der Waals surface area contributed by atoms with E-state index in [-0.39, 0.29) is 12.5 Å². The maximum absolute atomic E-state index is 13.4. The Morgan fingerprint density at radius 1 is 0.912 bits per heavy atom. The number of carbonyl (C=O) groups excluding carboxylic acids is 2. The molecule has 0 aliphatic carbocycles. The van der Waals surface area contributed by atoms with Crippen molar-refractivity contribution in [3.8, 4) is 22.8 Å². The smallest absolute Gasteiger partial charge is 0.338 e. The van der Waals surface area contributed by atoms with E-state index in [2.05, 4.69) is 5.32 Å². The molecule has 0 radical (unpaired) electrons. The summed E-state index contributed by atoms with van der Waals surface area (Å²) in [5, 5.41) is 3.59. The zero-order chi connectivity index (χ0) is 24.1. The molecule has 3 aromatic carbocycles. The summed E-state index contributed by atoms with van der Waals surface area (Å²) in [4.78, 5) is 30.2. The zero-order valence-corrected chi connectivity index (χ0v) is 19.1. The van der Waals surface area contributed by atoms with Gasteiger partial charge < -0.3 is 19.5 Å². The molecule has 0 aliphatic heterocycles. The van der Waals surface area contributed by atoms with E-state index in [4.69, 9.17) is 19.2 Å². The number of para-hydroxylation sites is 1. The number of hydrogen-bond acceptors (Lipinski definition) is 6. The minimum atomic E-state index is -0.444. The fourth-order valence-electron chi connectivity index (χ4n) is 3.65. The van der Waals surface area contributed by atoms with Gasteiger partial charge in [-0.15, -0.1) is 0 Å². The average Bonchev–Trinajstić information content (AvgIpc) is 2.87. The van der Waals surface area contributed by atoms with Gasteiger partial charge in [-0.3, -0.25) is 4.79 Å². The van der Waals surface area contributed by atoms with Gasteiger partial charge in [0, 0.05) is 16.6 Å². The highest BCUT2D eigenvalue weighted by atomic mass is 16.5. The molecule has 7 nitrogen and oxygen atoms in total. The van der Waals surface area contributed by atoms with Crippen LogP contribution in [0.1, 0.15) is 27.6 Å². The highest BCUT2D eigenvalue weighted by molar-refractivity contribution is 6.13. The molecule has 0 saturated heterocycles. The summed E-state index contributed by atoms with van der Waals surface area (Å²) in [7, 11) is 3.17. The second-order valence-electron chi connectivity index (χ2n) is 7.39. The third kappa shape index (κ3) is 4.68. The Bertz CT molecular complexity index is 1370. The van der Waals surface area contributed by atoms with Gasteiger partial charge in [0.05, 0.1) is 43.2 Å². The summed E-state index contributed by atoms with van der Waals surface area (Å²) in [5.74, 6) is 0.479. The largest absolute Gasteiger partial charge is 0.497 e. The highest BCUT2D eigenvalue weighted by Crippen LogP contribution is 2.34. The van der Waals surface area contributed by atoms with Crippen LogP contribution in [-0.2, 0) is 4.74 Å². The van der Waals surface area contributed by atoms with Crippen LogP contribution in [0.2, 0.25) is 0 Å². The van der Waals surface area contributed by atoms with Gasteiger partial charge in [0.25, 0.3) is 5.91 Å². The van der Waals surface area contributed by atoms with Gasteiger partial charge in [-0.1, -0.05) is 24.3 Å². The van der Waals surface area contributed by atoms with Gasteiger partial charge in [-0.25, -0.2) is 9.78 Å². The molecule has 0 atom stereocenters. The van der Waals surface area contributed by atoms with Gasteiger partial charge in [-0.2, -0.15) is 0 Å². The van der Waals surface area contributed by atoms with Gasteiger partial charge in [0.15, 0.2) is 0 Å². The Hall–Kier alpha value is -4.39. The molecule has 34 heavy (non-hydrogen) atoms. The van der Waals surface area contributed by atoms with Crippen LogP contribution >= 0.6 is 0 Å². The molecule has 1 N–H and O–H groups in total. The van der Waals surface area contributed by atoms with Crippen LogP contribution in [0.15, 0.2) is 72.8 Å². The number of benzene rings is 3. The number of nitrogens with zero attached hydrogens (tertiary/aromatic N) is 1. The van der Waals surface area contributed by atoms with E-state index in [9.17, 15) is 9.59 Å². The van der Waals surface area contributed by atoms with Crippen molar-refractivity contribution in [3.05, 3.63) is 83.9 Å². The molecule has 0 aliphatic rings. The van der Waals surface area contributed by atoms with E-state index in [0.717, 1.165) is 0 Å². The lowest BCUT2D eigenvalue weighted by molar-refractivity contribution is 0.0526. The molecule has 1 aromatic heterocycles. The Kier molecular flexibility index (Phi) is 6.73. The summed E-state index contributed by atoms with van der Waals surface area (Å²) < 4.78 is 15.9. The lowest BCUT2D eigenvalue weighted by Crippen LogP contribution is -2.14. The first-order valence-electron chi connectivity index (χ1n) is 10.7. The van der Waals surface area contributed by atoms with E-state index in [0.29, 0.717) is 50.5 Å². The number of anilines is 1. The number of fused-ring (bicyclic) bond motifs is 1. The third-order valence-corrected chi connectivity index (χ3v) is 5.27. The number of esters is 1. The van der Waals surface area contributed by atoms with Crippen molar-refractivity contribution in [1.82, 2.24) is 4.98 Å². The van der Waals surface area contributed by atoms with Crippen molar-refractivity contribution in [3.63, 3.8) is 0 Å². The van der Waals surface area contributed by atoms with Crippen LogP contribution in [0.3, 0.4) is 0 Å². The fraction of sp³-hybridized carbons (Fsp3) is 0.148. The third-order valence-electron chi connectivity index (χ3n) is 5.27. The number of rotatable bonds is 7. The zero-order valence-electron chi connectivity index (χ0n) is 19.1. The first-order chi connectivity index (χ1) is 16.5. The molecule has 0 bridgehead atoms. The lowest BCUT2D eigenvalue weighted by atomic mass is 10.0. The predicted molar refractivity (Wildman–Crippen MR) is 131 cm³/mol. The molecule has 4 aromatic rings. The maximum Gasteiger partial charge on any atom is 0.338 e. The van der Waals surface area contributed by atoms with Crippen molar-refractivity contribution in [2.24, 2.45) is 0 Å². The number of methoxy groups -OCH3 is 2. The number of ether oxygens (including phenoxy) is 3. The summed E-state index contributed by atoms with van der Waals surface area (Å²) in [5.41, 5.74) is 3.21. The molecule has 1 heterocycles. The summed E-state index contributed by atoms with van der Waals surface area (Å²) in [6.45, 7) is 2.02. The van der Waals surface area contributed by atoms with E-state index in [1.54, 1.807) is 63.6 Å². The molecule has 0 spiro atoms. The molecule has 0 saturated carbocycles. The molecular weight excluding hydrogens is 432 g/mol. The number of carbonyl (C=O) groups is 2. The normalized spacial score (nSPS) is 10.6. The fourth-order valence-corrected chi connectivity index (χ4v) is 3.65. The molecule has 1 amide bonds. The van der Waals surface area contributed by atoms with Crippen molar-refractivity contribution < 1.29 is 23.8 Å². The number of amides is 1. The standard InChI is InChI=1S/C27H24N2O5/c1-4-34-27(31)17-8-7-9-18(14-17)28-26(30)21-16-24(29-23-11-6-5-10-20(21)23)22-15-19(32-2)12-13-25(22)33-3/h5-16H,4H2,1-3H3,(H,28,30). The Morgan fingerprint density at radius 3 is 2.50 bits per heavy atom. The van der Waals surface area contributed by atoms with E-state index in [1.807, 2.05) is 30.3 Å². The molecule has 7 heteroatoms. The minimum absolute atomic E-state index is 0.273. The Labute approximate surface area is 197 Å². The second-order valence-corrected chi connectivity index (χ2v) is 7.39. The second kappa shape index (κ2) is 10.0. The van der Waals surface area contributed by atoms with Crippen molar-refractivity contribution in [2.45, 2.75) is 6.92 Å². The first kappa shape index (κ1) is 22.8. The van der Waals surface area contributed by atoms with Crippen LogP contribution in [0.4, 0.5) is 5.69 Å². The Balaban J connectivity index is 1.77. The molecule has 0 unspecified atom stereocenters. The summed E-state index contributed by atoms with van der Waals surface area (Å²) in [6.07, 6.45) is 0. The van der Waals surface area contributed by atoms with Crippen molar-refractivity contribution >= 4 is 28.5 Å². The van der Waals surface area contributed by atoms with E-state index >= 15 is 0 Å². The molecule has 172 valence electrons. The molecular formula is C27H24N2O5. The van der Waals surface area contributed by atoms with Gasteiger partial charge in [0.2, 0.25) is 0 Å². The highest BCUT2D eigenvalue weighted by Gasteiger charge is 2.17. The van der Waals surface area contributed by atoms with Crippen LogP contribution in [0.25, 0.3) is 22.2 Å². The van der Waals surface area contributed by atoms with E-state index < -0.39 is 5.97 Å². The van der Waals surface area contributed by atoms with Gasteiger partial charge >= 0.3 is 5.97 Å². The lowest BCUT2D eigenvalue weighted by Gasteiger charge is -2.14. The van der Waals surface area contributed by atoms with Crippen molar-refractivity contribution in [1.29, 1.82) is 0 Å². The van der Waals surface area contributed by atoms with Crippen LogP contribution in [-0.4, -0.2) is 37.7 Å². The van der Waals surface area contributed by atoms with Gasteiger partial charge in [-0.05, 0) is 55.5 Å².